The van der Waals surface area contributed by atoms with Gasteiger partial charge in [0, 0.05) is 29.6 Å². The summed E-state index contributed by atoms with van der Waals surface area (Å²) < 4.78 is 1.05. The van der Waals surface area contributed by atoms with Gasteiger partial charge in [0.2, 0.25) is 5.91 Å². The van der Waals surface area contributed by atoms with E-state index in [2.05, 4.69) is 28.1 Å². The molecule has 1 unspecified atom stereocenters. The SMILES string of the molecule is CC(=O)SC1CC(=O)N(C2(c3ccc(Br)cc3)CC2)C1. The normalized spacial score (nSPS) is 24.0. The van der Waals surface area contributed by atoms with E-state index < -0.39 is 0 Å². The predicted octanol–water partition coefficient (Wildman–Crippen LogP) is 3.32. The van der Waals surface area contributed by atoms with E-state index in [0.717, 1.165) is 17.3 Å². The zero-order valence-electron chi connectivity index (χ0n) is 11.3. The minimum absolute atomic E-state index is 0.0955. The Balaban J connectivity index is 1.80. The zero-order chi connectivity index (χ0) is 14.3. The molecule has 0 N–H and O–H groups in total. The number of thioether (sulfide) groups is 1. The van der Waals surface area contributed by atoms with Gasteiger partial charge in [0.05, 0.1) is 5.54 Å². The molecule has 1 atom stereocenters. The van der Waals surface area contributed by atoms with Gasteiger partial charge < -0.3 is 4.90 Å². The Labute approximate surface area is 131 Å². The molecule has 1 amide bonds. The van der Waals surface area contributed by atoms with E-state index in [9.17, 15) is 9.59 Å². The van der Waals surface area contributed by atoms with Crippen LogP contribution in [-0.4, -0.2) is 27.7 Å². The van der Waals surface area contributed by atoms with Gasteiger partial charge in [0.1, 0.15) is 0 Å². The van der Waals surface area contributed by atoms with E-state index in [0.29, 0.717) is 13.0 Å². The maximum absolute atomic E-state index is 12.3. The number of carbonyl (C=O) groups is 2. The summed E-state index contributed by atoms with van der Waals surface area (Å²) in [4.78, 5) is 25.5. The molecule has 2 aliphatic rings. The monoisotopic (exact) mass is 353 g/mol. The van der Waals surface area contributed by atoms with Gasteiger partial charge in [-0.25, -0.2) is 0 Å². The first-order valence-corrected chi connectivity index (χ1v) is 8.42. The smallest absolute Gasteiger partial charge is 0.224 e. The van der Waals surface area contributed by atoms with Crippen LogP contribution in [0.15, 0.2) is 28.7 Å². The predicted molar refractivity (Wildman–Crippen MR) is 83.4 cm³/mol. The van der Waals surface area contributed by atoms with E-state index in [1.165, 1.54) is 17.3 Å². The summed E-state index contributed by atoms with van der Waals surface area (Å²) in [5.41, 5.74) is 1.10. The van der Waals surface area contributed by atoms with Crippen LogP contribution < -0.4 is 0 Å². The molecule has 1 saturated heterocycles. The van der Waals surface area contributed by atoms with Crippen LogP contribution in [-0.2, 0) is 15.1 Å². The third kappa shape index (κ3) is 2.53. The molecule has 2 fully saturated rings. The maximum atomic E-state index is 12.3. The molecule has 1 aliphatic heterocycles. The molecule has 1 heterocycles. The summed E-state index contributed by atoms with van der Waals surface area (Å²) in [7, 11) is 0. The van der Waals surface area contributed by atoms with Crippen molar-refractivity contribution in [2.24, 2.45) is 0 Å². The lowest BCUT2D eigenvalue weighted by Gasteiger charge is -2.28. The number of benzene rings is 1. The Bertz CT molecular complexity index is 553. The lowest BCUT2D eigenvalue weighted by atomic mass is 10.0. The van der Waals surface area contributed by atoms with Crippen LogP contribution in [0, 0.1) is 0 Å². The van der Waals surface area contributed by atoms with Crippen LogP contribution in [0.25, 0.3) is 0 Å². The number of hydrogen-bond acceptors (Lipinski definition) is 3. The van der Waals surface area contributed by atoms with Crippen LogP contribution in [0.1, 0.15) is 31.7 Å². The van der Waals surface area contributed by atoms with Crippen molar-refractivity contribution in [3.8, 4) is 0 Å². The fourth-order valence-electron chi connectivity index (χ4n) is 3.00. The Morgan fingerprint density at radius 3 is 2.55 bits per heavy atom. The van der Waals surface area contributed by atoms with Crippen LogP contribution in [0.4, 0.5) is 0 Å². The Hall–Kier alpha value is -0.810. The van der Waals surface area contributed by atoms with E-state index in [1.54, 1.807) is 6.92 Å². The highest BCUT2D eigenvalue weighted by molar-refractivity contribution is 9.10. The largest absolute Gasteiger partial charge is 0.332 e. The second-order valence-corrected chi connectivity index (χ2v) is 7.87. The molecule has 3 rings (SSSR count). The topological polar surface area (TPSA) is 37.4 Å². The molecule has 0 radical (unpaired) electrons. The standard InChI is InChI=1S/C15H16BrNO2S/c1-10(18)20-13-8-14(19)17(9-13)15(6-7-15)11-2-4-12(16)5-3-11/h2-5,13H,6-9H2,1H3. The summed E-state index contributed by atoms with van der Waals surface area (Å²) >= 11 is 4.75. The van der Waals surface area contributed by atoms with Crippen molar-refractivity contribution in [3.63, 3.8) is 0 Å². The first-order valence-electron chi connectivity index (χ1n) is 6.75. The van der Waals surface area contributed by atoms with Crippen molar-refractivity contribution in [2.75, 3.05) is 6.54 Å². The number of hydrogen-bond donors (Lipinski definition) is 0. The number of rotatable bonds is 3. The molecule has 0 spiro atoms. The average Bonchev–Trinajstić information content (AvgIpc) is 3.10. The molecule has 3 nitrogen and oxygen atoms in total. The van der Waals surface area contributed by atoms with Gasteiger partial charge in [-0.1, -0.05) is 39.8 Å². The highest BCUT2D eigenvalue weighted by atomic mass is 79.9. The second-order valence-electron chi connectivity index (χ2n) is 5.48. The fourth-order valence-corrected chi connectivity index (χ4v) is 4.18. The minimum Gasteiger partial charge on any atom is -0.332 e. The van der Waals surface area contributed by atoms with Crippen molar-refractivity contribution in [1.29, 1.82) is 0 Å². The number of nitrogens with zero attached hydrogens (tertiary/aromatic N) is 1. The Morgan fingerprint density at radius 1 is 1.35 bits per heavy atom. The lowest BCUT2D eigenvalue weighted by Crippen LogP contribution is -2.36. The van der Waals surface area contributed by atoms with Gasteiger partial charge in [-0.05, 0) is 30.5 Å². The molecule has 1 aromatic carbocycles. The van der Waals surface area contributed by atoms with Crippen LogP contribution in [0.3, 0.4) is 0 Å². The summed E-state index contributed by atoms with van der Waals surface area (Å²) in [5, 5.41) is 0.214. The molecular formula is C15H16BrNO2S. The van der Waals surface area contributed by atoms with Crippen LogP contribution in [0.5, 0.6) is 0 Å². The number of amides is 1. The minimum atomic E-state index is -0.107. The van der Waals surface area contributed by atoms with E-state index >= 15 is 0 Å². The van der Waals surface area contributed by atoms with Crippen molar-refractivity contribution in [3.05, 3.63) is 34.3 Å². The Kier molecular flexibility index (Phi) is 3.67. The fraction of sp³-hybridized carbons (Fsp3) is 0.467. The molecular weight excluding hydrogens is 338 g/mol. The highest BCUT2D eigenvalue weighted by Gasteiger charge is 2.54. The average molecular weight is 354 g/mol. The molecule has 20 heavy (non-hydrogen) atoms. The van der Waals surface area contributed by atoms with Gasteiger partial charge in [-0.3, -0.25) is 9.59 Å². The molecule has 1 aliphatic carbocycles. The zero-order valence-corrected chi connectivity index (χ0v) is 13.7. The third-order valence-corrected chi connectivity index (χ3v) is 5.55. The molecule has 1 saturated carbocycles. The van der Waals surface area contributed by atoms with Crippen LogP contribution in [0.2, 0.25) is 0 Å². The molecule has 5 heteroatoms. The number of halogens is 1. The summed E-state index contributed by atoms with van der Waals surface area (Å²) in [5.74, 6) is 0.184. The molecule has 0 aromatic heterocycles. The molecule has 1 aromatic rings. The summed E-state index contributed by atoms with van der Waals surface area (Å²) in [6.45, 7) is 2.26. The first kappa shape index (κ1) is 14.1. The van der Waals surface area contributed by atoms with Gasteiger partial charge in [-0.15, -0.1) is 0 Å². The van der Waals surface area contributed by atoms with Crippen molar-refractivity contribution in [1.82, 2.24) is 4.90 Å². The third-order valence-electron chi connectivity index (χ3n) is 4.04. The Morgan fingerprint density at radius 2 is 2.00 bits per heavy atom. The van der Waals surface area contributed by atoms with Gasteiger partial charge in [0.25, 0.3) is 0 Å². The lowest BCUT2D eigenvalue weighted by molar-refractivity contribution is -0.130. The van der Waals surface area contributed by atoms with Gasteiger partial charge >= 0.3 is 0 Å². The van der Waals surface area contributed by atoms with Crippen LogP contribution >= 0.6 is 27.7 Å². The maximum Gasteiger partial charge on any atom is 0.224 e. The summed E-state index contributed by atoms with van der Waals surface area (Å²) in [6.07, 6.45) is 2.54. The van der Waals surface area contributed by atoms with Crippen molar-refractivity contribution >= 4 is 38.7 Å². The van der Waals surface area contributed by atoms with Gasteiger partial charge in [0.15, 0.2) is 5.12 Å². The second kappa shape index (κ2) is 5.19. The number of likely N-dealkylation sites (tertiary alicyclic amines) is 1. The highest BCUT2D eigenvalue weighted by Crippen LogP contribution is 2.53. The van der Waals surface area contributed by atoms with Gasteiger partial charge in [-0.2, -0.15) is 0 Å². The van der Waals surface area contributed by atoms with E-state index in [1.807, 2.05) is 17.0 Å². The van der Waals surface area contributed by atoms with E-state index in [-0.39, 0.29) is 21.8 Å². The quantitative estimate of drug-likeness (QED) is 0.836. The van der Waals surface area contributed by atoms with E-state index in [4.69, 9.17) is 0 Å². The van der Waals surface area contributed by atoms with Crippen molar-refractivity contribution in [2.45, 2.75) is 37.0 Å². The van der Waals surface area contributed by atoms with Crippen molar-refractivity contribution < 1.29 is 9.59 Å². The summed E-state index contributed by atoms with van der Waals surface area (Å²) in [6, 6.07) is 8.24. The molecule has 0 bridgehead atoms. The number of carbonyl (C=O) groups excluding carboxylic acids is 2. The first-order chi connectivity index (χ1) is 9.51. The molecule has 106 valence electrons.